The first kappa shape index (κ1) is 8.97. The van der Waals surface area contributed by atoms with Gasteiger partial charge in [0.2, 0.25) is 0 Å². The predicted molar refractivity (Wildman–Crippen MR) is 54.0 cm³/mol. The van der Waals surface area contributed by atoms with Crippen LogP contribution >= 0.6 is 11.6 Å². The SMILES string of the molecule is CNC1(Cc2cccc(Cl)n2)CC1. The number of likely N-dealkylation sites (N-methyl/N-ethyl adjacent to an activating group) is 1. The van der Waals surface area contributed by atoms with E-state index in [9.17, 15) is 0 Å². The van der Waals surface area contributed by atoms with Crippen molar-refractivity contribution in [3.05, 3.63) is 29.0 Å². The van der Waals surface area contributed by atoms with E-state index in [1.807, 2.05) is 25.2 Å². The normalized spacial score (nSPS) is 18.6. The second kappa shape index (κ2) is 3.28. The number of hydrogen-bond acceptors (Lipinski definition) is 2. The smallest absolute Gasteiger partial charge is 0.129 e. The van der Waals surface area contributed by atoms with Gasteiger partial charge in [0, 0.05) is 17.7 Å². The maximum Gasteiger partial charge on any atom is 0.129 e. The molecule has 2 nitrogen and oxygen atoms in total. The molecule has 0 amide bonds. The lowest BCUT2D eigenvalue weighted by atomic mass is 10.1. The third-order valence-corrected chi connectivity index (χ3v) is 2.89. The number of rotatable bonds is 3. The van der Waals surface area contributed by atoms with Crippen molar-refractivity contribution in [2.45, 2.75) is 24.8 Å². The number of aromatic nitrogens is 1. The molecular weight excluding hydrogens is 184 g/mol. The molecule has 1 aromatic heterocycles. The molecule has 0 aromatic carbocycles. The summed E-state index contributed by atoms with van der Waals surface area (Å²) in [5.41, 5.74) is 1.40. The third-order valence-electron chi connectivity index (χ3n) is 2.68. The van der Waals surface area contributed by atoms with E-state index >= 15 is 0 Å². The van der Waals surface area contributed by atoms with Crippen molar-refractivity contribution in [1.82, 2.24) is 10.3 Å². The molecule has 1 aromatic rings. The predicted octanol–water partition coefficient (Wildman–Crippen LogP) is 2.03. The molecule has 0 saturated heterocycles. The van der Waals surface area contributed by atoms with Crippen LogP contribution in [0.3, 0.4) is 0 Å². The fourth-order valence-electron chi connectivity index (χ4n) is 1.56. The molecule has 3 heteroatoms. The molecule has 0 radical (unpaired) electrons. The van der Waals surface area contributed by atoms with E-state index in [1.165, 1.54) is 12.8 Å². The fourth-order valence-corrected chi connectivity index (χ4v) is 1.74. The second-order valence-corrected chi connectivity index (χ2v) is 4.05. The Labute approximate surface area is 83.3 Å². The van der Waals surface area contributed by atoms with Gasteiger partial charge >= 0.3 is 0 Å². The molecule has 0 aliphatic heterocycles. The summed E-state index contributed by atoms with van der Waals surface area (Å²) in [6.45, 7) is 0. The fraction of sp³-hybridized carbons (Fsp3) is 0.500. The van der Waals surface area contributed by atoms with E-state index in [0.29, 0.717) is 10.7 Å². The minimum absolute atomic E-state index is 0.317. The number of halogens is 1. The van der Waals surface area contributed by atoms with Gasteiger partial charge in [-0.25, -0.2) is 4.98 Å². The maximum absolute atomic E-state index is 5.81. The Morgan fingerprint density at radius 3 is 2.85 bits per heavy atom. The molecule has 0 atom stereocenters. The monoisotopic (exact) mass is 196 g/mol. The van der Waals surface area contributed by atoms with Crippen LogP contribution < -0.4 is 5.32 Å². The summed E-state index contributed by atoms with van der Waals surface area (Å²) >= 11 is 5.81. The molecule has 13 heavy (non-hydrogen) atoms. The summed E-state index contributed by atoms with van der Waals surface area (Å²) in [4.78, 5) is 4.27. The summed E-state index contributed by atoms with van der Waals surface area (Å²) in [6.07, 6.45) is 3.49. The van der Waals surface area contributed by atoms with Crippen LogP contribution in [0.25, 0.3) is 0 Å². The Morgan fingerprint density at radius 2 is 2.31 bits per heavy atom. The van der Waals surface area contributed by atoms with Crippen molar-refractivity contribution in [1.29, 1.82) is 0 Å². The van der Waals surface area contributed by atoms with E-state index in [1.54, 1.807) is 0 Å². The van der Waals surface area contributed by atoms with Crippen LogP contribution in [-0.2, 0) is 6.42 Å². The van der Waals surface area contributed by atoms with Crippen molar-refractivity contribution < 1.29 is 0 Å². The molecule has 1 heterocycles. The highest BCUT2D eigenvalue weighted by Gasteiger charge is 2.41. The van der Waals surface area contributed by atoms with E-state index in [4.69, 9.17) is 11.6 Å². The zero-order valence-corrected chi connectivity index (χ0v) is 8.43. The van der Waals surface area contributed by atoms with Crippen LogP contribution in [0.2, 0.25) is 5.15 Å². The van der Waals surface area contributed by atoms with E-state index in [-0.39, 0.29) is 0 Å². The molecule has 1 saturated carbocycles. The van der Waals surface area contributed by atoms with Gasteiger partial charge in [0.1, 0.15) is 5.15 Å². The highest BCUT2D eigenvalue weighted by atomic mass is 35.5. The minimum atomic E-state index is 0.317. The summed E-state index contributed by atoms with van der Waals surface area (Å²) in [7, 11) is 2.01. The van der Waals surface area contributed by atoms with Crippen molar-refractivity contribution in [3.63, 3.8) is 0 Å². The Hall–Kier alpha value is -0.600. The van der Waals surface area contributed by atoms with Gasteiger partial charge in [0.15, 0.2) is 0 Å². The summed E-state index contributed by atoms with van der Waals surface area (Å²) in [5.74, 6) is 0. The van der Waals surface area contributed by atoms with Crippen LogP contribution in [0.5, 0.6) is 0 Å². The van der Waals surface area contributed by atoms with Crippen LogP contribution in [0.15, 0.2) is 18.2 Å². The Balaban J connectivity index is 2.09. The largest absolute Gasteiger partial charge is 0.314 e. The molecule has 0 bridgehead atoms. The van der Waals surface area contributed by atoms with Gasteiger partial charge in [0.05, 0.1) is 0 Å². The first-order chi connectivity index (χ1) is 6.24. The van der Waals surface area contributed by atoms with Crippen LogP contribution in [0, 0.1) is 0 Å². The van der Waals surface area contributed by atoms with Crippen LogP contribution in [0.1, 0.15) is 18.5 Å². The van der Waals surface area contributed by atoms with E-state index in [0.717, 1.165) is 12.1 Å². The average molecular weight is 197 g/mol. The first-order valence-corrected chi connectivity index (χ1v) is 4.92. The topological polar surface area (TPSA) is 24.9 Å². The Bertz CT molecular complexity index is 308. The molecule has 70 valence electrons. The van der Waals surface area contributed by atoms with Gasteiger partial charge < -0.3 is 5.32 Å². The molecule has 1 fully saturated rings. The number of nitrogens with zero attached hydrogens (tertiary/aromatic N) is 1. The van der Waals surface area contributed by atoms with Crippen molar-refractivity contribution >= 4 is 11.6 Å². The van der Waals surface area contributed by atoms with Gasteiger partial charge in [-0.2, -0.15) is 0 Å². The maximum atomic E-state index is 5.81. The van der Waals surface area contributed by atoms with Crippen LogP contribution in [-0.4, -0.2) is 17.6 Å². The molecule has 0 spiro atoms. The molecule has 0 unspecified atom stereocenters. The lowest BCUT2D eigenvalue weighted by Gasteiger charge is -2.12. The van der Waals surface area contributed by atoms with Gasteiger partial charge in [-0.3, -0.25) is 0 Å². The molecule has 1 N–H and O–H groups in total. The summed E-state index contributed by atoms with van der Waals surface area (Å²) < 4.78 is 0. The molecular formula is C10H13ClN2. The number of nitrogens with one attached hydrogen (secondary N) is 1. The third kappa shape index (κ3) is 2.01. The summed E-state index contributed by atoms with van der Waals surface area (Å²) in [6, 6.07) is 5.80. The second-order valence-electron chi connectivity index (χ2n) is 3.66. The molecule has 1 aliphatic rings. The zero-order valence-electron chi connectivity index (χ0n) is 7.68. The van der Waals surface area contributed by atoms with Crippen molar-refractivity contribution in [2.75, 3.05) is 7.05 Å². The molecule has 1 aliphatic carbocycles. The lowest BCUT2D eigenvalue weighted by molar-refractivity contribution is 0.542. The Kier molecular flexibility index (Phi) is 2.26. The van der Waals surface area contributed by atoms with Gasteiger partial charge in [-0.1, -0.05) is 17.7 Å². The highest BCUT2D eigenvalue weighted by molar-refractivity contribution is 6.29. The first-order valence-electron chi connectivity index (χ1n) is 4.54. The zero-order chi connectivity index (χ0) is 9.31. The quantitative estimate of drug-likeness (QED) is 0.749. The van der Waals surface area contributed by atoms with Gasteiger partial charge in [0.25, 0.3) is 0 Å². The molecule has 2 rings (SSSR count). The number of hydrogen-bond donors (Lipinski definition) is 1. The van der Waals surface area contributed by atoms with Crippen LogP contribution in [0.4, 0.5) is 0 Å². The van der Waals surface area contributed by atoms with Gasteiger partial charge in [-0.05, 0) is 32.0 Å². The highest BCUT2D eigenvalue weighted by Crippen LogP contribution is 2.37. The Morgan fingerprint density at radius 1 is 1.54 bits per heavy atom. The number of pyridine rings is 1. The van der Waals surface area contributed by atoms with E-state index in [2.05, 4.69) is 10.3 Å². The average Bonchev–Trinajstić information content (AvgIpc) is 2.86. The van der Waals surface area contributed by atoms with Crippen molar-refractivity contribution in [2.24, 2.45) is 0 Å². The minimum Gasteiger partial charge on any atom is -0.314 e. The summed E-state index contributed by atoms with van der Waals surface area (Å²) in [5, 5.41) is 3.92. The lowest BCUT2D eigenvalue weighted by Crippen LogP contribution is -2.29. The standard InChI is InChI=1S/C10H13ClN2/c1-12-10(5-6-10)7-8-3-2-4-9(11)13-8/h2-4,12H,5-7H2,1H3. The van der Waals surface area contributed by atoms with Gasteiger partial charge in [-0.15, -0.1) is 0 Å². The van der Waals surface area contributed by atoms with E-state index < -0.39 is 0 Å². The van der Waals surface area contributed by atoms with Crippen molar-refractivity contribution in [3.8, 4) is 0 Å².